The van der Waals surface area contributed by atoms with Gasteiger partial charge in [-0.2, -0.15) is 0 Å². The molecule has 0 aliphatic rings. The molecule has 0 aromatic rings. The van der Waals surface area contributed by atoms with Crippen LogP contribution in [-0.4, -0.2) is 36.1 Å². The second-order valence-electron chi connectivity index (χ2n) is 9.45. The summed E-state index contributed by atoms with van der Waals surface area (Å²) < 4.78 is 5.58. The molecule has 0 spiro atoms. The normalized spacial score (nSPS) is 13.6. The van der Waals surface area contributed by atoms with Gasteiger partial charge in [0, 0.05) is 6.61 Å². The Balaban J connectivity index is 3.84. The number of hydrogen-bond donors (Lipinski definition) is 2. The summed E-state index contributed by atoms with van der Waals surface area (Å²) in [6, 6.07) is 0. The van der Waals surface area contributed by atoms with Crippen molar-refractivity contribution >= 4 is 0 Å². The fraction of sp³-hybridized carbons (Fsp3) is 1.00. The molecule has 0 amide bonds. The van der Waals surface area contributed by atoms with Gasteiger partial charge in [0.05, 0.1) is 13.2 Å². The molecular formula is C27H56O3. The van der Waals surface area contributed by atoms with Gasteiger partial charge in [-0.1, -0.05) is 136 Å². The van der Waals surface area contributed by atoms with Gasteiger partial charge in [-0.25, -0.2) is 0 Å². The second kappa shape index (κ2) is 25.1. The minimum absolute atomic E-state index is 0.208. The number of unbranched alkanes of at least 4 members (excludes halogenated alkanes) is 15. The van der Waals surface area contributed by atoms with E-state index < -0.39 is 6.10 Å². The van der Waals surface area contributed by atoms with E-state index in [4.69, 9.17) is 9.84 Å². The summed E-state index contributed by atoms with van der Waals surface area (Å²) in [6.07, 6.45) is 26.7. The first-order valence-electron chi connectivity index (χ1n) is 13.6. The number of aliphatic hydroxyl groups excluding tert-OH is 2. The first kappa shape index (κ1) is 29.9. The summed E-state index contributed by atoms with van der Waals surface area (Å²) in [4.78, 5) is 0. The lowest BCUT2D eigenvalue weighted by Crippen LogP contribution is -2.20. The van der Waals surface area contributed by atoms with Crippen molar-refractivity contribution in [2.45, 2.75) is 148 Å². The average molecular weight is 429 g/mol. The molecule has 182 valence electrons. The van der Waals surface area contributed by atoms with Crippen LogP contribution in [0.3, 0.4) is 0 Å². The Morgan fingerprint density at radius 3 is 1.37 bits per heavy atom. The van der Waals surface area contributed by atoms with Crippen LogP contribution in [0.5, 0.6) is 0 Å². The molecule has 2 unspecified atom stereocenters. The van der Waals surface area contributed by atoms with Gasteiger partial charge < -0.3 is 14.9 Å². The smallest absolute Gasteiger partial charge is 0.100 e. The van der Waals surface area contributed by atoms with Crippen molar-refractivity contribution in [2.75, 3.05) is 19.8 Å². The first-order chi connectivity index (χ1) is 14.7. The molecule has 2 N–H and O–H groups in total. The van der Waals surface area contributed by atoms with Crippen LogP contribution in [0, 0.1) is 5.92 Å². The molecule has 0 aromatic heterocycles. The second-order valence-corrected chi connectivity index (χ2v) is 9.45. The molecule has 0 rings (SSSR count). The van der Waals surface area contributed by atoms with Crippen molar-refractivity contribution in [2.24, 2.45) is 5.92 Å². The van der Waals surface area contributed by atoms with Crippen LogP contribution < -0.4 is 0 Å². The van der Waals surface area contributed by atoms with Crippen molar-refractivity contribution < 1.29 is 14.9 Å². The third-order valence-corrected chi connectivity index (χ3v) is 6.37. The molecule has 0 saturated carbocycles. The highest BCUT2D eigenvalue weighted by molar-refractivity contribution is 4.62. The Bertz CT molecular complexity index is 308. The van der Waals surface area contributed by atoms with E-state index in [-0.39, 0.29) is 13.2 Å². The quantitative estimate of drug-likeness (QED) is 0.146. The van der Waals surface area contributed by atoms with Gasteiger partial charge in [-0.3, -0.25) is 0 Å². The maximum absolute atomic E-state index is 9.42. The Kier molecular flexibility index (Phi) is 25.0. The van der Waals surface area contributed by atoms with Gasteiger partial charge in [-0.15, -0.1) is 0 Å². The third-order valence-electron chi connectivity index (χ3n) is 6.37. The minimum atomic E-state index is -0.728. The van der Waals surface area contributed by atoms with E-state index in [0.717, 1.165) is 18.9 Å². The molecule has 2 atom stereocenters. The Morgan fingerprint density at radius 1 is 0.567 bits per heavy atom. The Morgan fingerprint density at radius 2 is 0.967 bits per heavy atom. The van der Waals surface area contributed by atoms with Gasteiger partial charge in [0.2, 0.25) is 0 Å². The number of hydrogen-bond acceptors (Lipinski definition) is 3. The molecular weight excluding hydrogens is 372 g/mol. The highest BCUT2D eigenvalue weighted by Gasteiger charge is 2.10. The zero-order valence-electron chi connectivity index (χ0n) is 20.7. The van der Waals surface area contributed by atoms with Gasteiger partial charge >= 0.3 is 0 Å². The molecule has 0 aliphatic carbocycles. The van der Waals surface area contributed by atoms with Crippen LogP contribution in [0.25, 0.3) is 0 Å². The van der Waals surface area contributed by atoms with E-state index in [9.17, 15) is 5.11 Å². The SMILES string of the molecule is CCCCCCCCCCCC(CCCCCCCCCC)CCOCC(O)CO. The summed E-state index contributed by atoms with van der Waals surface area (Å²) in [5, 5.41) is 18.3. The number of rotatable bonds is 25. The zero-order valence-corrected chi connectivity index (χ0v) is 20.7. The van der Waals surface area contributed by atoms with Crippen molar-refractivity contribution in [3.8, 4) is 0 Å². The van der Waals surface area contributed by atoms with E-state index in [2.05, 4.69) is 13.8 Å². The molecule has 0 fully saturated rings. The van der Waals surface area contributed by atoms with E-state index in [1.807, 2.05) is 0 Å². The van der Waals surface area contributed by atoms with E-state index in [0.29, 0.717) is 0 Å². The standard InChI is InChI=1S/C27H56O3/c1-3-5-7-9-11-13-15-17-19-21-26(22-23-30-25-27(29)24-28)20-18-16-14-12-10-8-6-4-2/h26-29H,3-25H2,1-2H3. The fourth-order valence-electron chi connectivity index (χ4n) is 4.27. The van der Waals surface area contributed by atoms with Crippen LogP contribution in [-0.2, 0) is 4.74 Å². The Labute approximate surface area is 189 Å². The molecule has 0 aromatic carbocycles. The van der Waals surface area contributed by atoms with Gasteiger partial charge in [-0.05, 0) is 12.3 Å². The zero-order chi connectivity index (χ0) is 22.1. The molecule has 3 nitrogen and oxygen atoms in total. The molecule has 0 aliphatic heterocycles. The fourth-order valence-corrected chi connectivity index (χ4v) is 4.27. The summed E-state index contributed by atoms with van der Waals surface area (Å²) in [5.74, 6) is 0.765. The van der Waals surface area contributed by atoms with Crippen molar-refractivity contribution in [3.05, 3.63) is 0 Å². The summed E-state index contributed by atoms with van der Waals surface area (Å²) in [6.45, 7) is 5.33. The van der Waals surface area contributed by atoms with Crippen molar-refractivity contribution in [1.82, 2.24) is 0 Å². The molecule has 30 heavy (non-hydrogen) atoms. The van der Waals surface area contributed by atoms with Gasteiger partial charge in [0.15, 0.2) is 0 Å². The van der Waals surface area contributed by atoms with E-state index in [1.165, 1.54) is 122 Å². The lowest BCUT2D eigenvalue weighted by molar-refractivity contribution is 0.00218. The largest absolute Gasteiger partial charge is 0.394 e. The lowest BCUT2D eigenvalue weighted by atomic mass is 9.91. The first-order valence-corrected chi connectivity index (χ1v) is 13.6. The molecule has 0 bridgehead atoms. The highest BCUT2D eigenvalue weighted by atomic mass is 16.5. The topological polar surface area (TPSA) is 49.7 Å². The minimum Gasteiger partial charge on any atom is -0.394 e. The maximum atomic E-state index is 9.42. The van der Waals surface area contributed by atoms with Crippen LogP contribution in [0.1, 0.15) is 142 Å². The number of aliphatic hydroxyl groups is 2. The lowest BCUT2D eigenvalue weighted by Gasteiger charge is -2.18. The average Bonchev–Trinajstić information content (AvgIpc) is 2.76. The van der Waals surface area contributed by atoms with Gasteiger partial charge in [0.1, 0.15) is 6.10 Å². The number of ether oxygens (including phenoxy) is 1. The van der Waals surface area contributed by atoms with Crippen LogP contribution in [0.2, 0.25) is 0 Å². The molecule has 0 saturated heterocycles. The maximum Gasteiger partial charge on any atom is 0.100 e. The van der Waals surface area contributed by atoms with Crippen molar-refractivity contribution in [1.29, 1.82) is 0 Å². The van der Waals surface area contributed by atoms with Crippen molar-refractivity contribution in [3.63, 3.8) is 0 Å². The Hall–Kier alpha value is -0.120. The summed E-state index contributed by atoms with van der Waals surface area (Å²) in [7, 11) is 0. The van der Waals surface area contributed by atoms with E-state index in [1.54, 1.807) is 0 Å². The summed E-state index contributed by atoms with van der Waals surface area (Å²) >= 11 is 0. The van der Waals surface area contributed by atoms with Crippen LogP contribution in [0.4, 0.5) is 0 Å². The molecule has 0 heterocycles. The third kappa shape index (κ3) is 22.6. The van der Waals surface area contributed by atoms with Crippen LogP contribution in [0.15, 0.2) is 0 Å². The predicted octanol–water partition coefficient (Wildman–Crippen LogP) is 7.81. The summed E-state index contributed by atoms with van der Waals surface area (Å²) in [5.41, 5.74) is 0. The van der Waals surface area contributed by atoms with E-state index >= 15 is 0 Å². The predicted molar refractivity (Wildman–Crippen MR) is 131 cm³/mol. The highest BCUT2D eigenvalue weighted by Crippen LogP contribution is 2.22. The van der Waals surface area contributed by atoms with Gasteiger partial charge in [0.25, 0.3) is 0 Å². The molecule has 3 heteroatoms. The molecule has 0 radical (unpaired) electrons. The van der Waals surface area contributed by atoms with Crippen LogP contribution >= 0.6 is 0 Å². The monoisotopic (exact) mass is 428 g/mol.